The van der Waals surface area contributed by atoms with Crippen LogP contribution in [0.2, 0.25) is 0 Å². The molecule has 96 valence electrons. The van der Waals surface area contributed by atoms with Crippen molar-refractivity contribution >= 4 is 33.2 Å². The van der Waals surface area contributed by atoms with Crippen molar-refractivity contribution in [2.45, 2.75) is 39.3 Å². The minimum Gasteiger partial charge on any atom is -0.459 e. The molecular weight excluding hydrogens is 302 g/mol. The maximum Gasteiger partial charge on any atom is 0.320 e. The number of rotatable bonds is 4. The molecule has 0 radical (unpaired) electrons. The average Bonchev–Trinajstić information content (AvgIpc) is 2.58. The van der Waals surface area contributed by atoms with Gasteiger partial charge in [-0.05, 0) is 55.8 Å². The lowest BCUT2D eigenvalue weighted by atomic mass is 10.2. The summed E-state index contributed by atoms with van der Waals surface area (Å²) in [5.74, 6) is -0.222. The highest BCUT2D eigenvalue weighted by Gasteiger charge is 2.17. The van der Waals surface area contributed by atoms with E-state index in [1.807, 2.05) is 39.8 Å². The smallest absolute Gasteiger partial charge is 0.320 e. The summed E-state index contributed by atoms with van der Waals surface area (Å²) in [6.45, 7) is 7.86. The van der Waals surface area contributed by atoms with Crippen LogP contribution in [-0.2, 0) is 9.53 Å². The monoisotopic (exact) mass is 319 g/mol. The number of carbonyl (C=O) groups is 1. The molecule has 1 heterocycles. The average molecular weight is 320 g/mol. The van der Waals surface area contributed by atoms with E-state index in [9.17, 15) is 4.79 Å². The molecule has 1 aromatic rings. The van der Waals surface area contributed by atoms with Crippen molar-refractivity contribution in [1.82, 2.24) is 5.32 Å². The predicted molar refractivity (Wildman–Crippen MR) is 74.3 cm³/mol. The highest BCUT2D eigenvalue weighted by atomic mass is 79.9. The van der Waals surface area contributed by atoms with Gasteiger partial charge >= 0.3 is 5.97 Å². The van der Waals surface area contributed by atoms with Crippen molar-refractivity contribution in [2.75, 3.05) is 6.54 Å². The molecule has 1 atom stereocenters. The van der Waals surface area contributed by atoms with Crippen molar-refractivity contribution in [3.05, 3.63) is 20.8 Å². The third kappa shape index (κ3) is 5.66. The quantitative estimate of drug-likeness (QED) is 0.863. The first-order valence-corrected chi connectivity index (χ1v) is 7.09. The summed E-state index contributed by atoms with van der Waals surface area (Å²) in [6, 6.07) is 4.20. The molecule has 1 rings (SSSR count). The summed E-state index contributed by atoms with van der Waals surface area (Å²) in [6.07, 6.45) is 0. The number of thiophene rings is 1. The van der Waals surface area contributed by atoms with E-state index in [-0.39, 0.29) is 18.6 Å². The molecule has 1 unspecified atom stereocenters. The standard InChI is InChI=1S/C12H18BrNO2S/c1-8(9-5-6-10(13)17-9)14-7-11(15)16-12(2,3)4/h5-6,8,14H,7H2,1-4H3. The number of halogens is 1. The molecule has 0 fully saturated rings. The van der Waals surface area contributed by atoms with E-state index in [0.717, 1.165) is 3.79 Å². The Kier molecular flexibility index (Phi) is 5.16. The lowest BCUT2D eigenvalue weighted by molar-refractivity contribution is -0.153. The fraction of sp³-hybridized carbons (Fsp3) is 0.583. The number of esters is 1. The molecule has 0 spiro atoms. The Bertz CT molecular complexity index is 384. The molecule has 0 bridgehead atoms. The summed E-state index contributed by atoms with van der Waals surface area (Å²) >= 11 is 5.08. The molecule has 0 aliphatic heterocycles. The van der Waals surface area contributed by atoms with Gasteiger partial charge in [0.2, 0.25) is 0 Å². The predicted octanol–water partition coefficient (Wildman–Crippen LogP) is 3.50. The lowest BCUT2D eigenvalue weighted by Crippen LogP contribution is -2.32. The van der Waals surface area contributed by atoms with E-state index in [2.05, 4.69) is 21.2 Å². The van der Waals surface area contributed by atoms with Crippen LogP contribution in [-0.4, -0.2) is 18.1 Å². The second-order valence-corrected chi connectivity index (χ2v) is 7.33. The summed E-state index contributed by atoms with van der Waals surface area (Å²) in [5.41, 5.74) is -0.423. The van der Waals surface area contributed by atoms with Crippen LogP contribution < -0.4 is 5.32 Å². The van der Waals surface area contributed by atoms with Crippen molar-refractivity contribution in [1.29, 1.82) is 0 Å². The topological polar surface area (TPSA) is 38.3 Å². The van der Waals surface area contributed by atoms with Gasteiger partial charge in [-0.3, -0.25) is 10.1 Å². The summed E-state index contributed by atoms with van der Waals surface area (Å²) in [5, 5.41) is 3.15. The van der Waals surface area contributed by atoms with Crippen LogP contribution in [0.5, 0.6) is 0 Å². The van der Waals surface area contributed by atoms with Gasteiger partial charge in [-0.1, -0.05) is 0 Å². The van der Waals surface area contributed by atoms with Crippen LogP contribution in [0, 0.1) is 0 Å². The van der Waals surface area contributed by atoms with Crippen molar-refractivity contribution in [3.8, 4) is 0 Å². The Labute approximate surface area is 115 Å². The van der Waals surface area contributed by atoms with E-state index in [0.29, 0.717) is 0 Å². The Morgan fingerprint density at radius 3 is 2.65 bits per heavy atom. The second-order valence-electron chi connectivity index (χ2n) is 4.83. The van der Waals surface area contributed by atoms with Gasteiger partial charge < -0.3 is 4.74 Å². The van der Waals surface area contributed by atoms with Crippen LogP contribution >= 0.6 is 27.3 Å². The maximum atomic E-state index is 11.5. The van der Waals surface area contributed by atoms with Crippen LogP contribution in [0.25, 0.3) is 0 Å². The molecule has 0 aliphatic carbocycles. The fourth-order valence-corrected chi connectivity index (χ4v) is 2.73. The minimum atomic E-state index is -0.423. The van der Waals surface area contributed by atoms with Gasteiger partial charge in [0.1, 0.15) is 5.60 Å². The molecule has 0 aliphatic rings. The molecule has 0 aromatic carbocycles. The van der Waals surface area contributed by atoms with Crippen molar-refractivity contribution in [3.63, 3.8) is 0 Å². The highest BCUT2D eigenvalue weighted by molar-refractivity contribution is 9.11. The van der Waals surface area contributed by atoms with Gasteiger partial charge in [0.05, 0.1) is 10.3 Å². The van der Waals surface area contributed by atoms with Gasteiger partial charge in [0.15, 0.2) is 0 Å². The number of hydrogen-bond acceptors (Lipinski definition) is 4. The molecule has 1 aromatic heterocycles. The normalized spacial score (nSPS) is 13.5. The third-order valence-electron chi connectivity index (χ3n) is 1.99. The number of ether oxygens (including phenoxy) is 1. The van der Waals surface area contributed by atoms with Gasteiger partial charge in [0.25, 0.3) is 0 Å². The third-order valence-corrected chi connectivity index (χ3v) is 3.80. The Morgan fingerprint density at radius 2 is 2.18 bits per heavy atom. The van der Waals surface area contributed by atoms with Crippen molar-refractivity contribution < 1.29 is 9.53 Å². The van der Waals surface area contributed by atoms with Crippen LogP contribution in [0.15, 0.2) is 15.9 Å². The Hall–Kier alpha value is -0.390. The maximum absolute atomic E-state index is 11.5. The first-order chi connectivity index (χ1) is 7.78. The molecule has 0 saturated carbocycles. The zero-order valence-electron chi connectivity index (χ0n) is 10.5. The lowest BCUT2D eigenvalue weighted by Gasteiger charge is -2.20. The summed E-state index contributed by atoms with van der Waals surface area (Å²) in [4.78, 5) is 12.7. The number of nitrogens with one attached hydrogen (secondary N) is 1. The minimum absolute atomic E-state index is 0.152. The molecule has 5 heteroatoms. The van der Waals surface area contributed by atoms with E-state index in [1.165, 1.54) is 4.88 Å². The molecule has 3 nitrogen and oxygen atoms in total. The van der Waals surface area contributed by atoms with Crippen LogP contribution in [0.3, 0.4) is 0 Å². The first kappa shape index (κ1) is 14.7. The Morgan fingerprint density at radius 1 is 1.53 bits per heavy atom. The summed E-state index contributed by atoms with van der Waals surface area (Å²) in [7, 11) is 0. The van der Waals surface area contributed by atoms with E-state index < -0.39 is 5.60 Å². The van der Waals surface area contributed by atoms with E-state index in [4.69, 9.17) is 4.74 Å². The van der Waals surface area contributed by atoms with E-state index in [1.54, 1.807) is 11.3 Å². The zero-order chi connectivity index (χ0) is 13.1. The molecule has 0 amide bonds. The van der Waals surface area contributed by atoms with Gasteiger partial charge in [-0.2, -0.15) is 0 Å². The van der Waals surface area contributed by atoms with E-state index >= 15 is 0 Å². The number of carbonyl (C=O) groups excluding carboxylic acids is 1. The largest absolute Gasteiger partial charge is 0.459 e. The second kappa shape index (κ2) is 5.98. The Balaban J connectivity index is 2.38. The number of hydrogen-bond donors (Lipinski definition) is 1. The first-order valence-electron chi connectivity index (χ1n) is 5.48. The van der Waals surface area contributed by atoms with Gasteiger partial charge in [-0.15, -0.1) is 11.3 Å². The molecule has 0 saturated heterocycles. The molecule has 1 N–H and O–H groups in total. The SMILES string of the molecule is CC(NCC(=O)OC(C)(C)C)c1ccc(Br)s1. The van der Waals surface area contributed by atoms with Gasteiger partial charge in [0, 0.05) is 10.9 Å². The molecule has 17 heavy (non-hydrogen) atoms. The van der Waals surface area contributed by atoms with Crippen molar-refractivity contribution in [2.24, 2.45) is 0 Å². The van der Waals surface area contributed by atoms with Crippen LogP contribution in [0.1, 0.15) is 38.6 Å². The highest BCUT2D eigenvalue weighted by Crippen LogP contribution is 2.26. The summed E-state index contributed by atoms with van der Waals surface area (Å²) < 4.78 is 6.32. The van der Waals surface area contributed by atoms with Gasteiger partial charge in [-0.25, -0.2) is 0 Å². The van der Waals surface area contributed by atoms with Crippen LogP contribution in [0.4, 0.5) is 0 Å². The zero-order valence-corrected chi connectivity index (χ0v) is 12.9. The fourth-order valence-electron chi connectivity index (χ4n) is 1.28. The molecular formula is C12H18BrNO2S.